The minimum atomic E-state index is -0.715. The first-order valence-electron chi connectivity index (χ1n) is 5.18. The maximum absolute atomic E-state index is 13.2. The molecule has 0 bridgehead atoms. The molecular weight excluding hydrogens is 257 g/mol. The number of rotatable bonds is 1. The zero-order valence-corrected chi connectivity index (χ0v) is 9.78. The van der Waals surface area contributed by atoms with Gasteiger partial charge in [0.2, 0.25) is 5.89 Å². The van der Waals surface area contributed by atoms with Crippen LogP contribution in [0.3, 0.4) is 0 Å². The molecule has 1 aromatic heterocycles. The van der Waals surface area contributed by atoms with Crippen LogP contribution >= 0.6 is 11.6 Å². The van der Waals surface area contributed by atoms with E-state index in [0.717, 1.165) is 0 Å². The summed E-state index contributed by atoms with van der Waals surface area (Å²) in [7, 11) is 0. The molecule has 1 N–H and O–H groups in total. The molecule has 0 aliphatic carbocycles. The van der Waals surface area contributed by atoms with Gasteiger partial charge in [-0.3, -0.25) is 0 Å². The zero-order valence-electron chi connectivity index (χ0n) is 9.02. The average Bonchev–Trinajstić information content (AvgIpc) is 2.75. The van der Waals surface area contributed by atoms with Gasteiger partial charge in [-0.15, -0.1) is 0 Å². The summed E-state index contributed by atoms with van der Waals surface area (Å²) in [5.41, 5.74) is 1.63. The SMILES string of the molecule is Oc1ccc(-c2nc3ccc(Cl)cc3o2)cc1F. The number of aromatic nitrogens is 1. The fourth-order valence-corrected chi connectivity index (χ4v) is 1.82. The van der Waals surface area contributed by atoms with E-state index in [2.05, 4.69) is 4.98 Å². The number of nitrogens with zero attached hydrogens (tertiary/aromatic N) is 1. The molecule has 0 fully saturated rings. The molecule has 3 nitrogen and oxygen atoms in total. The second-order valence-electron chi connectivity index (χ2n) is 3.80. The second kappa shape index (κ2) is 3.99. The molecule has 0 saturated carbocycles. The van der Waals surface area contributed by atoms with E-state index in [1.165, 1.54) is 18.2 Å². The summed E-state index contributed by atoms with van der Waals surface area (Å²) in [5, 5.41) is 9.67. The van der Waals surface area contributed by atoms with Crippen molar-refractivity contribution in [2.45, 2.75) is 0 Å². The molecule has 5 heteroatoms. The fraction of sp³-hybridized carbons (Fsp3) is 0. The van der Waals surface area contributed by atoms with E-state index >= 15 is 0 Å². The van der Waals surface area contributed by atoms with Crippen LogP contribution in [0.1, 0.15) is 0 Å². The van der Waals surface area contributed by atoms with E-state index < -0.39 is 11.6 Å². The van der Waals surface area contributed by atoms with Crippen LogP contribution in [0.15, 0.2) is 40.8 Å². The third kappa shape index (κ3) is 1.80. The topological polar surface area (TPSA) is 46.3 Å². The van der Waals surface area contributed by atoms with Crippen LogP contribution in [-0.4, -0.2) is 10.1 Å². The standard InChI is InChI=1S/C13H7ClFNO2/c14-8-2-3-10-12(6-8)18-13(16-10)7-1-4-11(17)9(15)5-7/h1-6,17H. The molecule has 0 atom stereocenters. The Hall–Kier alpha value is -2.07. The molecule has 0 aliphatic rings. The quantitative estimate of drug-likeness (QED) is 0.722. The number of benzene rings is 2. The normalized spacial score (nSPS) is 11.0. The summed E-state index contributed by atoms with van der Waals surface area (Å²) in [6.45, 7) is 0. The molecule has 2 aromatic carbocycles. The van der Waals surface area contributed by atoms with Crippen LogP contribution in [0, 0.1) is 5.82 Å². The summed E-state index contributed by atoms with van der Waals surface area (Å²) in [4.78, 5) is 4.22. The summed E-state index contributed by atoms with van der Waals surface area (Å²) in [5.74, 6) is -0.836. The highest BCUT2D eigenvalue weighted by atomic mass is 35.5. The fourth-order valence-electron chi connectivity index (χ4n) is 1.66. The molecule has 0 radical (unpaired) electrons. The largest absolute Gasteiger partial charge is 0.505 e. The third-order valence-electron chi connectivity index (χ3n) is 2.55. The lowest BCUT2D eigenvalue weighted by molar-refractivity contribution is 0.432. The Kier molecular flexibility index (Phi) is 2.45. The monoisotopic (exact) mass is 263 g/mol. The van der Waals surface area contributed by atoms with Crippen molar-refractivity contribution in [3.05, 3.63) is 47.2 Å². The number of phenolic OH excluding ortho intramolecular Hbond substituents is 1. The smallest absolute Gasteiger partial charge is 0.227 e. The van der Waals surface area contributed by atoms with E-state index in [1.807, 2.05) is 0 Å². The molecule has 3 rings (SSSR count). The molecule has 0 spiro atoms. The molecule has 1 heterocycles. The Morgan fingerprint density at radius 2 is 2.00 bits per heavy atom. The first kappa shape index (κ1) is 11.0. The van der Waals surface area contributed by atoms with Gasteiger partial charge in [0.15, 0.2) is 17.1 Å². The Balaban J connectivity index is 2.16. The van der Waals surface area contributed by atoms with Gasteiger partial charge in [0.05, 0.1) is 0 Å². The number of phenols is 1. The minimum Gasteiger partial charge on any atom is -0.505 e. The molecule has 3 aromatic rings. The van der Waals surface area contributed by atoms with Crippen LogP contribution in [-0.2, 0) is 0 Å². The zero-order chi connectivity index (χ0) is 12.7. The highest BCUT2D eigenvalue weighted by Crippen LogP contribution is 2.28. The number of hydrogen-bond donors (Lipinski definition) is 1. The van der Waals surface area contributed by atoms with Crippen molar-refractivity contribution in [2.75, 3.05) is 0 Å². The van der Waals surface area contributed by atoms with Crippen LogP contribution in [0.4, 0.5) is 4.39 Å². The number of hydrogen-bond acceptors (Lipinski definition) is 3. The lowest BCUT2D eigenvalue weighted by Crippen LogP contribution is -1.80. The number of halogens is 2. The first-order valence-corrected chi connectivity index (χ1v) is 5.56. The average molecular weight is 264 g/mol. The molecule has 0 aliphatic heterocycles. The van der Waals surface area contributed by atoms with Gasteiger partial charge in [0.25, 0.3) is 0 Å². The van der Waals surface area contributed by atoms with Crippen molar-refractivity contribution in [1.82, 2.24) is 4.98 Å². The van der Waals surface area contributed by atoms with Crippen LogP contribution in [0.25, 0.3) is 22.6 Å². The van der Waals surface area contributed by atoms with Crippen LogP contribution in [0.2, 0.25) is 5.02 Å². The van der Waals surface area contributed by atoms with E-state index in [1.54, 1.807) is 18.2 Å². The number of oxazole rings is 1. The summed E-state index contributed by atoms with van der Waals surface area (Å²) >= 11 is 5.84. The maximum Gasteiger partial charge on any atom is 0.227 e. The molecule has 90 valence electrons. The molecule has 18 heavy (non-hydrogen) atoms. The lowest BCUT2D eigenvalue weighted by atomic mass is 10.2. The molecule has 0 unspecified atom stereocenters. The minimum absolute atomic E-state index is 0.283. The van der Waals surface area contributed by atoms with Crippen molar-refractivity contribution in [3.8, 4) is 17.2 Å². The van der Waals surface area contributed by atoms with E-state index in [4.69, 9.17) is 21.1 Å². The Morgan fingerprint density at radius 3 is 2.78 bits per heavy atom. The summed E-state index contributed by atoms with van der Waals surface area (Å²) in [6, 6.07) is 9.03. The maximum atomic E-state index is 13.2. The van der Waals surface area contributed by atoms with Gasteiger partial charge in [-0.25, -0.2) is 9.37 Å². The van der Waals surface area contributed by atoms with Gasteiger partial charge in [-0.2, -0.15) is 0 Å². The predicted molar refractivity (Wildman–Crippen MR) is 66.1 cm³/mol. The highest BCUT2D eigenvalue weighted by molar-refractivity contribution is 6.31. The van der Waals surface area contributed by atoms with Gasteiger partial charge in [-0.1, -0.05) is 11.6 Å². The van der Waals surface area contributed by atoms with Gasteiger partial charge in [0.1, 0.15) is 5.52 Å². The highest BCUT2D eigenvalue weighted by Gasteiger charge is 2.10. The predicted octanol–water partition coefficient (Wildman–Crippen LogP) is 3.99. The van der Waals surface area contributed by atoms with Crippen LogP contribution < -0.4 is 0 Å². The molecular formula is C13H7ClFNO2. The number of aromatic hydroxyl groups is 1. The number of fused-ring (bicyclic) bond motifs is 1. The van der Waals surface area contributed by atoms with Crippen molar-refractivity contribution >= 4 is 22.7 Å². The van der Waals surface area contributed by atoms with Gasteiger partial charge < -0.3 is 9.52 Å². The second-order valence-corrected chi connectivity index (χ2v) is 4.23. The van der Waals surface area contributed by atoms with Crippen molar-refractivity contribution in [1.29, 1.82) is 0 Å². The van der Waals surface area contributed by atoms with Gasteiger partial charge in [0, 0.05) is 16.7 Å². The van der Waals surface area contributed by atoms with Crippen molar-refractivity contribution in [3.63, 3.8) is 0 Å². The Bertz CT molecular complexity index is 739. The van der Waals surface area contributed by atoms with E-state index in [0.29, 0.717) is 21.7 Å². The van der Waals surface area contributed by atoms with Gasteiger partial charge in [-0.05, 0) is 30.3 Å². The summed E-state index contributed by atoms with van der Waals surface area (Å²) in [6.07, 6.45) is 0. The van der Waals surface area contributed by atoms with Crippen molar-refractivity contribution in [2.24, 2.45) is 0 Å². The lowest BCUT2D eigenvalue weighted by Gasteiger charge is -1.97. The third-order valence-corrected chi connectivity index (χ3v) is 2.78. The van der Waals surface area contributed by atoms with E-state index in [-0.39, 0.29) is 5.89 Å². The Labute approximate surface area is 106 Å². The molecule has 0 saturated heterocycles. The van der Waals surface area contributed by atoms with Gasteiger partial charge >= 0.3 is 0 Å². The molecule has 0 amide bonds. The van der Waals surface area contributed by atoms with Crippen molar-refractivity contribution < 1.29 is 13.9 Å². The first-order chi connectivity index (χ1) is 8.63. The summed E-state index contributed by atoms with van der Waals surface area (Å²) < 4.78 is 18.7. The van der Waals surface area contributed by atoms with E-state index in [9.17, 15) is 4.39 Å². The van der Waals surface area contributed by atoms with Crippen LogP contribution in [0.5, 0.6) is 5.75 Å². The Morgan fingerprint density at radius 1 is 1.17 bits per heavy atom.